The van der Waals surface area contributed by atoms with E-state index in [2.05, 4.69) is 21.2 Å². The van der Waals surface area contributed by atoms with Gasteiger partial charge in [0.1, 0.15) is 0 Å². The highest BCUT2D eigenvalue weighted by Gasteiger charge is 2.07. The van der Waals surface area contributed by atoms with Gasteiger partial charge in [-0.3, -0.25) is 4.79 Å². The summed E-state index contributed by atoms with van der Waals surface area (Å²) < 4.78 is 1.03. The molecule has 0 saturated heterocycles. The Labute approximate surface area is 120 Å². The fourth-order valence-electron chi connectivity index (χ4n) is 1.40. The van der Waals surface area contributed by atoms with Gasteiger partial charge in [-0.15, -0.1) is 11.8 Å². The zero-order valence-electron chi connectivity index (χ0n) is 10.6. The van der Waals surface area contributed by atoms with Crippen LogP contribution in [0.2, 0.25) is 0 Å². The third-order valence-corrected chi connectivity index (χ3v) is 4.60. The largest absolute Gasteiger partial charge is 0.396 e. The van der Waals surface area contributed by atoms with Gasteiger partial charge in [-0.2, -0.15) is 0 Å². The molecule has 1 amide bonds. The maximum Gasteiger partial charge on any atom is 0.234 e. The number of rotatable bonds is 6. The molecule has 18 heavy (non-hydrogen) atoms. The molecule has 1 unspecified atom stereocenters. The topological polar surface area (TPSA) is 49.3 Å². The Balaban J connectivity index is 2.42. The first kappa shape index (κ1) is 15.5. The summed E-state index contributed by atoms with van der Waals surface area (Å²) in [5, 5.41) is 11.9. The second kappa shape index (κ2) is 7.81. The second-order valence-corrected chi connectivity index (χ2v) is 6.43. The van der Waals surface area contributed by atoms with Crippen LogP contribution in [0, 0.1) is 6.92 Å². The van der Waals surface area contributed by atoms with Crippen molar-refractivity contribution in [1.82, 2.24) is 0 Å². The van der Waals surface area contributed by atoms with Gasteiger partial charge < -0.3 is 10.4 Å². The molecule has 1 aromatic rings. The number of nitrogens with one attached hydrogen (secondary N) is 1. The van der Waals surface area contributed by atoms with Crippen LogP contribution in [0.15, 0.2) is 22.7 Å². The Morgan fingerprint density at radius 1 is 1.56 bits per heavy atom. The highest BCUT2D eigenvalue weighted by molar-refractivity contribution is 9.10. The number of thioether (sulfide) groups is 1. The number of hydrogen-bond acceptors (Lipinski definition) is 3. The van der Waals surface area contributed by atoms with Gasteiger partial charge in [0.25, 0.3) is 0 Å². The summed E-state index contributed by atoms with van der Waals surface area (Å²) >= 11 is 4.98. The van der Waals surface area contributed by atoms with Gasteiger partial charge in [0.15, 0.2) is 0 Å². The first-order valence-electron chi connectivity index (χ1n) is 5.81. The van der Waals surface area contributed by atoms with Crippen LogP contribution in [0.5, 0.6) is 0 Å². The average molecular weight is 332 g/mol. The van der Waals surface area contributed by atoms with Crippen LogP contribution in [0.1, 0.15) is 18.9 Å². The van der Waals surface area contributed by atoms with Gasteiger partial charge in [0.2, 0.25) is 5.91 Å². The van der Waals surface area contributed by atoms with Crippen molar-refractivity contribution in [2.75, 3.05) is 17.7 Å². The molecule has 0 saturated carbocycles. The third-order valence-electron chi connectivity index (χ3n) is 2.48. The number of aliphatic hydroxyl groups excluding tert-OH is 1. The smallest absolute Gasteiger partial charge is 0.234 e. The molecule has 0 spiro atoms. The Morgan fingerprint density at radius 3 is 2.89 bits per heavy atom. The summed E-state index contributed by atoms with van der Waals surface area (Å²) in [6.07, 6.45) is 0.718. The number of aliphatic hydroxyl groups is 1. The maximum atomic E-state index is 11.7. The molecule has 0 radical (unpaired) electrons. The normalized spacial score (nSPS) is 12.2. The average Bonchev–Trinajstić information content (AvgIpc) is 2.32. The second-order valence-electron chi connectivity index (χ2n) is 4.15. The molecule has 0 heterocycles. The van der Waals surface area contributed by atoms with E-state index in [0.29, 0.717) is 11.0 Å². The van der Waals surface area contributed by atoms with E-state index >= 15 is 0 Å². The molecular weight excluding hydrogens is 314 g/mol. The molecule has 0 aliphatic carbocycles. The minimum atomic E-state index is -0.00786. The number of aryl methyl sites for hydroxylation is 1. The molecule has 3 nitrogen and oxygen atoms in total. The predicted molar refractivity (Wildman–Crippen MR) is 81.1 cm³/mol. The lowest BCUT2D eigenvalue weighted by Crippen LogP contribution is -2.16. The van der Waals surface area contributed by atoms with Crippen LogP contribution in [-0.4, -0.2) is 28.6 Å². The van der Waals surface area contributed by atoms with Crippen LogP contribution < -0.4 is 5.32 Å². The molecule has 0 bridgehead atoms. The predicted octanol–water partition coefficient (Wildman–Crippen LogP) is 3.20. The molecule has 0 aliphatic rings. The minimum Gasteiger partial charge on any atom is -0.396 e. The van der Waals surface area contributed by atoms with Gasteiger partial charge in [0.05, 0.1) is 5.75 Å². The van der Waals surface area contributed by atoms with Crippen molar-refractivity contribution in [3.05, 3.63) is 28.2 Å². The summed E-state index contributed by atoms with van der Waals surface area (Å²) in [6, 6.07) is 5.73. The van der Waals surface area contributed by atoms with Gasteiger partial charge in [-0.05, 0) is 37.1 Å². The van der Waals surface area contributed by atoms with Gasteiger partial charge >= 0.3 is 0 Å². The van der Waals surface area contributed by atoms with Crippen molar-refractivity contribution in [3.8, 4) is 0 Å². The van der Waals surface area contributed by atoms with Crippen molar-refractivity contribution >= 4 is 39.3 Å². The van der Waals surface area contributed by atoms with E-state index in [4.69, 9.17) is 5.11 Å². The zero-order valence-corrected chi connectivity index (χ0v) is 13.0. The van der Waals surface area contributed by atoms with E-state index in [1.165, 1.54) is 0 Å². The number of carbonyl (C=O) groups excluding carboxylic acids is 1. The number of carbonyl (C=O) groups is 1. The zero-order chi connectivity index (χ0) is 13.5. The van der Waals surface area contributed by atoms with Gasteiger partial charge in [-0.1, -0.05) is 22.9 Å². The highest BCUT2D eigenvalue weighted by Crippen LogP contribution is 2.20. The maximum absolute atomic E-state index is 11.7. The third kappa shape index (κ3) is 5.42. The van der Waals surface area contributed by atoms with E-state index < -0.39 is 0 Å². The van der Waals surface area contributed by atoms with Crippen molar-refractivity contribution in [1.29, 1.82) is 0 Å². The molecule has 1 rings (SSSR count). The monoisotopic (exact) mass is 331 g/mol. The number of hydrogen-bond donors (Lipinski definition) is 2. The Kier molecular flexibility index (Phi) is 6.75. The summed E-state index contributed by atoms with van der Waals surface area (Å²) in [6.45, 7) is 4.16. The van der Waals surface area contributed by atoms with Crippen LogP contribution in [0.4, 0.5) is 5.69 Å². The van der Waals surface area contributed by atoms with Crippen LogP contribution in [0.3, 0.4) is 0 Å². The molecule has 5 heteroatoms. The molecule has 0 fully saturated rings. The van der Waals surface area contributed by atoms with Crippen molar-refractivity contribution < 1.29 is 9.90 Å². The SMILES string of the molecule is Cc1cc(NC(=O)CSC(C)CCO)ccc1Br. The molecular formula is C13H18BrNO2S. The van der Waals surface area contributed by atoms with E-state index in [-0.39, 0.29) is 12.5 Å². The fraction of sp³-hybridized carbons (Fsp3) is 0.462. The van der Waals surface area contributed by atoms with Gasteiger partial charge in [0, 0.05) is 22.0 Å². The lowest BCUT2D eigenvalue weighted by Gasteiger charge is -2.10. The molecule has 1 aromatic carbocycles. The summed E-state index contributed by atoms with van der Waals surface area (Å²) in [7, 11) is 0. The molecule has 0 aliphatic heterocycles. The van der Waals surface area contributed by atoms with Crippen LogP contribution >= 0.6 is 27.7 Å². The Morgan fingerprint density at radius 2 is 2.28 bits per heavy atom. The number of benzene rings is 1. The number of anilines is 1. The summed E-state index contributed by atoms with van der Waals surface area (Å²) in [5.41, 5.74) is 1.91. The lowest BCUT2D eigenvalue weighted by molar-refractivity contribution is -0.113. The quantitative estimate of drug-likeness (QED) is 0.841. The van der Waals surface area contributed by atoms with E-state index in [0.717, 1.165) is 22.1 Å². The van der Waals surface area contributed by atoms with Crippen LogP contribution in [0.25, 0.3) is 0 Å². The van der Waals surface area contributed by atoms with E-state index in [1.54, 1.807) is 11.8 Å². The summed E-state index contributed by atoms with van der Waals surface area (Å²) in [4.78, 5) is 11.7. The number of halogens is 1. The summed E-state index contributed by atoms with van der Waals surface area (Å²) in [5.74, 6) is 0.405. The Bertz CT molecular complexity index is 412. The van der Waals surface area contributed by atoms with Crippen molar-refractivity contribution in [3.63, 3.8) is 0 Å². The van der Waals surface area contributed by atoms with E-state index in [9.17, 15) is 4.79 Å². The molecule has 1 atom stereocenters. The molecule has 100 valence electrons. The first-order chi connectivity index (χ1) is 8.52. The standard InChI is InChI=1S/C13H18BrNO2S/c1-9-7-11(3-4-12(9)14)15-13(17)8-18-10(2)5-6-16/h3-4,7,10,16H,5-6,8H2,1-2H3,(H,15,17). The van der Waals surface area contributed by atoms with Crippen LogP contribution in [-0.2, 0) is 4.79 Å². The van der Waals surface area contributed by atoms with Crippen molar-refractivity contribution in [2.24, 2.45) is 0 Å². The van der Waals surface area contributed by atoms with Gasteiger partial charge in [-0.25, -0.2) is 0 Å². The van der Waals surface area contributed by atoms with E-state index in [1.807, 2.05) is 32.0 Å². The van der Waals surface area contributed by atoms with Crippen molar-refractivity contribution in [2.45, 2.75) is 25.5 Å². The lowest BCUT2D eigenvalue weighted by atomic mass is 10.2. The molecule has 0 aromatic heterocycles. The fourth-order valence-corrected chi connectivity index (χ4v) is 2.43. The minimum absolute atomic E-state index is 0.00786. The molecule has 2 N–H and O–H groups in total. The number of amides is 1. The first-order valence-corrected chi connectivity index (χ1v) is 7.65. The highest BCUT2D eigenvalue weighted by atomic mass is 79.9. The Hall–Kier alpha value is -0.520.